The number of phosphoric acid groups is 2. The Morgan fingerprint density at radius 3 is 0.724 bits per heavy atom. The van der Waals surface area contributed by atoms with Crippen LogP contribution in [0, 0.1) is 5.92 Å². The molecule has 0 aliphatic carbocycles. The molecule has 3 N–H and O–H groups in total. The lowest BCUT2D eigenvalue weighted by Gasteiger charge is -2.21. The first-order chi connectivity index (χ1) is 47.6. The van der Waals surface area contributed by atoms with Crippen molar-refractivity contribution in [1.29, 1.82) is 0 Å². The summed E-state index contributed by atoms with van der Waals surface area (Å²) < 4.78 is 68.5. The van der Waals surface area contributed by atoms with Gasteiger partial charge in [-0.15, -0.1) is 0 Å². The van der Waals surface area contributed by atoms with Gasteiger partial charge in [0.25, 0.3) is 0 Å². The quantitative estimate of drug-likeness (QED) is 0.0222. The number of esters is 4. The molecule has 0 saturated heterocycles. The topological polar surface area (TPSA) is 237 Å². The van der Waals surface area contributed by atoms with Gasteiger partial charge in [0.15, 0.2) is 12.2 Å². The number of carbonyl (C=O) groups is 4. The van der Waals surface area contributed by atoms with Crippen LogP contribution in [0.15, 0.2) is 0 Å². The predicted molar refractivity (Wildman–Crippen MR) is 400 cm³/mol. The Morgan fingerprint density at radius 1 is 0.286 bits per heavy atom. The number of hydrogen-bond donors (Lipinski definition) is 3. The summed E-state index contributed by atoms with van der Waals surface area (Å²) in [7, 11) is -9.91. The van der Waals surface area contributed by atoms with Crippen molar-refractivity contribution in [3.63, 3.8) is 0 Å². The summed E-state index contributed by atoms with van der Waals surface area (Å²) in [6.07, 6.45) is 62.6. The van der Waals surface area contributed by atoms with Gasteiger partial charge in [-0.3, -0.25) is 37.3 Å². The standard InChI is InChI=1S/C79H154O17P2/c1-6-10-13-16-19-22-23-24-25-26-27-28-29-30-31-32-37-40-45-50-55-60-65-79(84)96-75(69-90-77(82)63-58-53-48-44-39-36-34-33-35-38-43-46-51-56-61-72(5)9-4)71-94-98(87,88)92-67-73(80)66-91-97(85,86)93-70-74(95-78(83)64-59-54-49-42-21-18-15-12-8-3)68-89-76(81)62-57-52-47-41-20-17-14-11-7-2/h72-75,80H,6-71H2,1-5H3,(H,85,86)(H,87,88)/t72?,73-,74+,75+/m0/s1. The Labute approximate surface area is 600 Å². The van der Waals surface area contributed by atoms with Gasteiger partial charge >= 0.3 is 39.5 Å². The summed E-state index contributed by atoms with van der Waals surface area (Å²) in [5.74, 6) is -1.26. The van der Waals surface area contributed by atoms with Crippen LogP contribution in [0.4, 0.5) is 0 Å². The molecule has 3 unspecified atom stereocenters. The minimum absolute atomic E-state index is 0.106. The van der Waals surface area contributed by atoms with Crippen molar-refractivity contribution < 1.29 is 80.2 Å². The van der Waals surface area contributed by atoms with Crippen molar-refractivity contribution in [3.8, 4) is 0 Å². The van der Waals surface area contributed by atoms with Crippen LogP contribution >= 0.6 is 15.6 Å². The van der Waals surface area contributed by atoms with Crippen molar-refractivity contribution in [1.82, 2.24) is 0 Å². The molecule has 0 aliphatic rings. The van der Waals surface area contributed by atoms with Gasteiger partial charge in [0, 0.05) is 25.7 Å². The lowest BCUT2D eigenvalue weighted by molar-refractivity contribution is -0.161. The molecule has 0 amide bonds. The number of aliphatic hydroxyl groups excluding tert-OH is 1. The zero-order valence-electron chi connectivity index (χ0n) is 63.9. The summed E-state index contributed by atoms with van der Waals surface area (Å²) in [5, 5.41) is 10.6. The van der Waals surface area contributed by atoms with Crippen molar-refractivity contribution in [3.05, 3.63) is 0 Å². The molecule has 98 heavy (non-hydrogen) atoms. The Hall–Kier alpha value is -1.94. The second kappa shape index (κ2) is 72.0. The maximum absolute atomic E-state index is 13.1. The first-order valence-corrected chi connectivity index (χ1v) is 44.2. The monoisotopic (exact) mass is 1440 g/mol. The van der Waals surface area contributed by atoms with E-state index in [1.807, 2.05) is 0 Å². The highest BCUT2D eigenvalue weighted by molar-refractivity contribution is 7.47. The van der Waals surface area contributed by atoms with Crippen LogP contribution in [0.25, 0.3) is 0 Å². The zero-order valence-corrected chi connectivity index (χ0v) is 65.7. The van der Waals surface area contributed by atoms with E-state index in [2.05, 4.69) is 34.6 Å². The van der Waals surface area contributed by atoms with Crippen LogP contribution in [0.3, 0.4) is 0 Å². The number of phosphoric ester groups is 2. The number of rotatable bonds is 79. The van der Waals surface area contributed by atoms with Crippen LogP contribution in [-0.2, 0) is 65.4 Å². The van der Waals surface area contributed by atoms with Crippen molar-refractivity contribution in [2.24, 2.45) is 5.92 Å². The molecule has 0 rings (SSSR count). The number of carbonyl (C=O) groups excluding carboxylic acids is 4. The number of unbranched alkanes of at least 4 members (excludes halogenated alkanes) is 50. The highest BCUT2D eigenvalue weighted by Gasteiger charge is 2.30. The fourth-order valence-electron chi connectivity index (χ4n) is 12.2. The molecular formula is C79H154O17P2. The van der Waals surface area contributed by atoms with Gasteiger partial charge in [-0.1, -0.05) is 369 Å². The Kier molecular flexibility index (Phi) is 70.6. The molecule has 0 aromatic heterocycles. The van der Waals surface area contributed by atoms with Crippen LogP contribution in [-0.4, -0.2) is 96.7 Å². The molecule has 0 aromatic carbocycles. The van der Waals surface area contributed by atoms with Crippen LogP contribution < -0.4 is 0 Å². The minimum atomic E-state index is -4.96. The molecule has 19 heteroatoms. The highest BCUT2D eigenvalue weighted by Crippen LogP contribution is 2.45. The largest absolute Gasteiger partial charge is 0.472 e. The Morgan fingerprint density at radius 2 is 0.490 bits per heavy atom. The SMILES string of the molecule is CCCCCCCCCCCCCCCCCCCCCCCCC(=O)O[C@H](COC(=O)CCCCCCCCCCCCCCCCC(C)CC)COP(=O)(O)OC[C@@H](O)COP(=O)(O)OC[C@@H](COC(=O)CCCCCCCCCCC)OC(=O)CCCCCCCCCCC. The average molecular weight is 1440 g/mol. The lowest BCUT2D eigenvalue weighted by atomic mass is 9.99. The van der Waals surface area contributed by atoms with Gasteiger partial charge in [-0.05, 0) is 31.6 Å². The van der Waals surface area contributed by atoms with Gasteiger partial charge < -0.3 is 33.8 Å². The second-order valence-corrected chi connectivity index (χ2v) is 31.6. The summed E-state index contributed by atoms with van der Waals surface area (Å²) in [6, 6.07) is 0. The normalized spacial score (nSPS) is 14.2. The van der Waals surface area contributed by atoms with Crippen LogP contribution in [0.5, 0.6) is 0 Å². The van der Waals surface area contributed by atoms with Crippen LogP contribution in [0.2, 0.25) is 0 Å². The van der Waals surface area contributed by atoms with E-state index in [1.54, 1.807) is 0 Å². The number of ether oxygens (including phenoxy) is 4. The van der Waals surface area contributed by atoms with Gasteiger partial charge in [-0.25, -0.2) is 9.13 Å². The maximum Gasteiger partial charge on any atom is 0.472 e. The fourth-order valence-corrected chi connectivity index (χ4v) is 13.8. The molecule has 17 nitrogen and oxygen atoms in total. The number of aliphatic hydroxyl groups is 1. The smallest absolute Gasteiger partial charge is 0.462 e. The van der Waals surface area contributed by atoms with Gasteiger partial charge in [0.05, 0.1) is 26.4 Å². The van der Waals surface area contributed by atoms with E-state index in [0.717, 1.165) is 95.8 Å². The molecule has 0 radical (unpaired) electrons. The molecule has 0 aromatic rings. The average Bonchev–Trinajstić information content (AvgIpc) is 0.957. The summed E-state index contributed by atoms with van der Waals surface area (Å²) in [6.45, 7) is 7.33. The lowest BCUT2D eigenvalue weighted by Crippen LogP contribution is -2.30. The third-order valence-electron chi connectivity index (χ3n) is 18.9. The maximum atomic E-state index is 13.1. The second-order valence-electron chi connectivity index (χ2n) is 28.7. The molecule has 0 fully saturated rings. The molecule has 582 valence electrons. The van der Waals surface area contributed by atoms with E-state index in [9.17, 15) is 43.2 Å². The van der Waals surface area contributed by atoms with Crippen LogP contribution in [0.1, 0.15) is 420 Å². The van der Waals surface area contributed by atoms with Crippen molar-refractivity contribution in [2.75, 3.05) is 39.6 Å². The molecule has 6 atom stereocenters. The van der Waals surface area contributed by atoms with E-state index in [4.69, 9.17) is 37.0 Å². The van der Waals surface area contributed by atoms with Gasteiger partial charge in [0.2, 0.25) is 0 Å². The van der Waals surface area contributed by atoms with E-state index >= 15 is 0 Å². The Bertz CT molecular complexity index is 1880. The van der Waals surface area contributed by atoms with Crippen molar-refractivity contribution >= 4 is 39.5 Å². The van der Waals surface area contributed by atoms with Gasteiger partial charge in [-0.2, -0.15) is 0 Å². The summed E-state index contributed by atoms with van der Waals surface area (Å²) >= 11 is 0. The summed E-state index contributed by atoms with van der Waals surface area (Å²) in [4.78, 5) is 72.8. The Balaban J connectivity index is 5.16. The van der Waals surface area contributed by atoms with E-state index in [0.29, 0.717) is 25.7 Å². The minimum Gasteiger partial charge on any atom is -0.462 e. The van der Waals surface area contributed by atoms with E-state index in [-0.39, 0.29) is 25.7 Å². The predicted octanol–water partition coefficient (Wildman–Crippen LogP) is 23.6. The highest BCUT2D eigenvalue weighted by atomic mass is 31.2. The molecule has 0 aliphatic heterocycles. The zero-order chi connectivity index (χ0) is 71.9. The number of hydrogen-bond acceptors (Lipinski definition) is 15. The van der Waals surface area contributed by atoms with E-state index < -0.39 is 97.5 Å². The third kappa shape index (κ3) is 71.1. The summed E-state index contributed by atoms with van der Waals surface area (Å²) in [5.41, 5.74) is 0. The first kappa shape index (κ1) is 96.1. The van der Waals surface area contributed by atoms with Gasteiger partial charge in [0.1, 0.15) is 19.3 Å². The molecule has 0 bridgehead atoms. The van der Waals surface area contributed by atoms with E-state index in [1.165, 1.54) is 244 Å². The molecule has 0 saturated carbocycles. The molecule has 0 spiro atoms. The van der Waals surface area contributed by atoms with Crippen molar-refractivity contribution in [2.45, 2.75) is 438 Å². The molecular weight excluding hydrogens is 1280 g/mol. The molecule has 0 heterocycles. The fraction of sp³-hybridized carbons (Fsp3) is 0.949. The third-order valence-corrected chi connectivity index (χ3v) is 20.8. The first-order valence-electron chi connectivity index (χ1n) is 41.2.